The third-order valence-corrected chi connectivity index (χ3v) is 2.80. The molecule has 0 spiro atoms. The first-order valence-electron chi connectivity index (χ1n) is 5.71. The summed E-state index contributed by atoms with van der Waals surface area (Å²) in [5, 5.41) is 0. The molecule has 0 aliphatic heterocycles. The minimum absolute atomic E-state index is 0.127. The van der Waals surface area contributed by atoms with Crippen LogP contribution in [-0.4, -0.2) is 16.9 Å². The second kappa shape index (κ2) is 4.72. The van der Waals surface area contributed by atoms with Crippen LogP contribution in [-0.2, 0) is 0 Å². The van der Waals surface area contributed by atoms with Crippen molar-refractivity contribution >= 4 is 13.0 Å². The lowest BCUT2D eigenvalue weighted by Gasteiger charge is -2.08. The van der Waals surface area contributed by atoms with Crippen LogP contribution in [0.15, 0.2) is 55.0 Å². The lowest BCUT2D eigenvalue weighted by Crippen LogP contribution is -2.09. The predicted molar refractivity (Wildman–Crippen MR) is 69.2 cm³/mol. The maximum Gasteiger partial charge on any atom is 0.796 e. The molecule has 2 aromatic heterocycles. The van der Waals surface area contributed by atoms with E-state index in [1.54, 1.807) is 24.5 Å². The van der Waals surface area contributed by atoms with Crippen LogP contribution in [0.1, 0.15) is 0 Å². The van der Waals surface area contributed by atoms with E-state index < -0.39 is 7.47 Å². The molecule has 3 rings (SSSR count). The van der Waals surface area contributed by atoms with E-state index in [2.05, 4.69) is 9.64 Å². The van der Waals surface area contributed by atoms with Gasteiger partial charge in [0, 0.05) is 11.8 Å². The zero-order valence-electron chi connectivity index (χ0n) is 9.83. The van der Waals surface area contributed by atoms with Crippen LogP contribution in [0, 0.1) is 0 Å². The quantitative estimate of drug-likeness (QED) is 0.674. The van der Waals surface area contributed by atoms with Crippen molar-refractivity contribution in [1.82, 2.24) is 9.38 Å². The molecular weight excluding hydrogens is 249 g/mol. The molecule has 0 bridgehead atoms. The van der Waals surface area contributed by atoms with Gasteiger partial charge in [0.1, 0.15) is 5.75 Å². The standard InChI is InChI=1S/C13H9BF2N2O/c15-14(16)19-12-7-2-1-5-10(12)13-11-6-3-4-8-18(11)9-17-13/h1-9H. The van der Waals surface area contributed by atoms with E-state index in [1.165, 1.54) is 6.07 Å². The van der Waals surface area contributed by atoms with E-state index >= 15 is 0 Å². The maximum absolute atomic E-state index is 12.4. The Labute approximate surface area is 108 Å². The van der Waals surface area contributed by atoms with Gasteiger partial charge >= 0.3 is 7.47 Å². The predicted octanol–water partition coefficient (Wildman–Crippen LogP) is 3.30. The fourth-order valence-electron chi connectivity index (χ4n) is 2.01. The topological polar surface area (TPSA) is 26.5 Å². The Balaban J connectivity index is 2.16. The van der Waals surface area contributed by atoms with Gasteiger partial charge in [-0.2, -0.15) is 0 Å². The number of pyridine rings is 1. The average Bonchev–Trinajstić information content (AvgIpc) is 2.82. The van der Waals surface area contributed by atoms with E-state index in [9.17, 15) is 8.63 Å². The molecule has 3 aromatic rings. The molecule has 0 unspecified atom stereocenters. The van der Waals surface area contributed by atoms with Crippen LogP contribution < -0.4 is 4.65 Å². The molecule has 19 heavy (non-hydrogen) atoms. The normalized spacial score (nSPS) is 10.6. The molecule has 6 heteroatoms. The number of rotatable bonds is 3. The highest BCUT2D eigenvalue weighted by Gasteiger charge is 2.21. The molecule has 0 atom stereocenters. The first-order valence-corrected chi connectivity index (χ1v) is 5.71. The van der Waals surface area contributed by atoms with Gasteiger partial charge in [-0.15, -0.1) is 0 Å². The summed E-state index contributed by atoms with van der Waals surface area (Å²) in [4.78, 5) is 4.27. The molecule has 1 aromatic carbocycles. The van der Waals surface area contributed by atoms with Crippen LogP contribution in [0.4, 0.5) is 8.63 Å². The van der Waals surface area contributed by atoms with Crippen LogP contribution in [0.2, 0.25) is 0 Å². The third kappa shape index (κ3) is 2.17. The summed E-state index contributed by atoms with van der Waals surface area (Å²) in [6, 6.07) is 12.3. The van der Waals surface area contributed by atoms with Crippen molar-refractivity contribution < 1.29 is 13.3 Å². The Morgan fingerprint density at radius 3 is 2.68 bits per heavy atom. The molecule has 0 radical (unpaired) electrons. The Morgan fingerprint density at radius 1 is 1.05 bits per heavy atom. The summed E-state index contributed by atoms with van der Waals surface area (Å²) in [7, 11) is -2.85. The highest BCUT2D eigenvalue weighted by Crippen LogP contribution is 2.32. The number of imidazole rings is 1. The summed E-state index contributed by atoms with van der Waals surface area (Å²) in [5.74, 6) is 0.127. The molecule has 0 saturated carbocycles. The molecule has 0 aliphatic rings. The van der Waals surface area contributed by atoms with Crippen LogP contribution in [0.25, 0.3) is 16.8 Å². The van der Waals surface area contributed by atoms with Gasteiger partial charge in [0.05, 0.1) is 17.5 Å². The van der Waals surface area contributed by atoms with Crippen molar-refractivity contribution in [3.8, 4) is 17.0 Å². The maximum atomic E-state index is 12.4. The highest BCUT2D eigenvalue weighted by molar-refractivity contribution is 6.35. The van der Waals surface area contributed by atoms with Gasteiger partial charge in [-0.1, -0.05) is 18.2 Å². The summed E-state index contributed by atoms with van der Waals surface area (Å²) < 4.78 is 31.2. The number of nitrogens with zero attached hydrogens (tertiary/aromatic N) is 2. The van der Waals surface area contributed by atoms with Gasteiger partial charge in [-0.3, -0.25) is 0 Å². The number of benzene rings is 1. The van der Waals surface area contributed by atoms with Crippen molar-refractivity contribution in [2.45, 2.75) is 0 Å². The van der Waals surface area contributed by atoms with Gasteiger partial charge < -0.3 is 9.06 Å². The van der Waals surface area contributed by atoms with Gasteiger partial charge in [-0.25, -0.2) is 13.6 Å². The Hall–Kier alpha value is -2.37. The largest absolute Gasteiger partial charge is 0.796 e. The Kier molecular flexibility index (Phi) is 2.91. The summed E-state index contributed by atoms with van der Waals surface area (Å²) in [5.41, 5.74) is 2.01. The van der Waals surface area contributed by atoms with E-state index in [-0.39, 0.29) is 5.75 Å². The number of halogens is 2. The van der Waals surface area contributed by atoms with E-state index in [4.69, 9.17) is 0 Å². The molecule has 0 N–H and O–H groups in total. The zero-order chi connectivity index (χ0) is 13.2. The Morgan fingerprint density at radius 2 is 1.84 bits per heavy atom. The fourth-order valence-corrected chi connectivity index (χ4v) is 2.01. The average molecular weight is 258 g/mol. The van der Waals surface area contributed by atoms with Crippen molar-refractivity contribution in [3.05, 3.63) is 55.0 Å². The number of fused-ring (bicyclic) bond motifs is 1. The van der Waals surface area contributed by atoms with Crippen molar-refractivity contribution in [1.29, 1.82) is 0 Å². The number of para-hydroxylation sites is 1. The van der Waals surface area contributed by atoms with Gasteiger partial charge in [-0.05, 0) is 24.3 Å². The molecular formula is C13H9BF2N2O. The van der Waals surface area contributed by atoms with E-state index in [0.29, 0.717) is 11.3 Å². The van der Waals surface area contributed by atoms with Gasteiger partial charge in [0.15, 0.2) is 0 Å². The van der Waals surface area contributed by atoms with Gasteiger partial charge in [0.2, 0.25) is 0 Å². The fraction of sp³-hybridized carbons (Fsp3) is 0. The first kappa shape index (κ1) is 11.7. The molecule has 0 saturated heterocycles. The highest BCUT2D eigenvalue weighted by atomic mass is 19.2. The van der Waals surface area contributed by atoms with Crippen LogP contribution in [0.3, 0.4) is 0 Å². The second-order valence-electron chi connectivity index (χ2n) is 3.96. The molecule has 0 amide bonds. The third-order valence-electron chi connectivity index (χ3n) is 2.80. The minimum Gasteiger partial charge on any atom is -0.505 e. The monoisotopic (exact) mass is 258 g/mol. The molecule has 94 valence electrons. The smallest absolute Gasteiger partial charge is 0.505 e. The zero-order valence-corrected chi connectivity index (χ0v) is 9.83. The number of hydrogen-bond acceptors (Lipinski definition) is 2. The Bertz CT molecular complexity index is 714. The lowest BCUT2D eigenvalue weighted by molar-refractivity contribution is 0.427. The summed E-state index contributed by atoms with van der Waals surface area (Å²) in [6.45, 7) is 0. The molecule has 2 heterocycles. The van der Waals surface area contributed by atoms with E-state index in [1.807, 2.05) is 28.8 Å². The van der Waals surface area contributed by atoms with Crippen molar-refractivity contribution in [2.24, 2.45) is 0 Å². The summed E-state index contributed by atoms with van der Waals surface area (Å²) in [6.07, 6.45) is 3.49. The van der Waals surface area contributed by atoms with Crippen molar-refractivity contribution in [3.63, 3.8) is 0 Å². The second-order valence-corrected chi connectivity index (χ2v) is 3.96. The van der Waals surface area contributed by atoms with Gasteiger partial charge in [0.25, 0.3) is 0 Å². The SMILES string of the molecule is FB(F)Oc1ccccc1-c1ncn2ccccc12. The van der Waals surface area contributed by atoms with Crippen LogP contribution >= 0.6 is 0 Å². The van der Waals surface area contributed by atoms with Crippen LogP contribution in [0.5, 0.6) is 5.75 Å². The molecule has 0 fully saturated rings. The molecule has 0 aliphatic carbocycles. The first-order chi connectivity index (χ1) is 9.25. The summed E-state index contributed by atoms with van der Waals surface area (Å²) >= 11 is 0. The number of aromatic nitrogens is 2. The van der Waals surface area contributed by atoms with E-state index in [0.717, 1.165) is 5.52 Å². The van der Waals surface area contributed by atoms with Crippen molar-refractivity contribution in [2.75, 3.05) is 0 Å². The number of hydrogen-bond donors (Lipinski definition) is 0. The molecule has 3 nitrogen and oxygen atoms in total. The minimum atomic E-state index is -2.85. The lowest BCUT2D eigenvalue weighted by atomic mass is 10.1.